The second kappa shape index (κ2) is 9.98. The summed E-state index contributed by atoms with van der Waals surface area (Å²) in [6, 6.07) is 58.8. The van der Waals surface area contributed by atoms with Crippen molar-refractivity contribution >= 4 is 106 Å². The van der Waals surface area contributed by atoms with Crippen molar-refractivity contribution in [1.29, 1.82) is 0 Å². The van der Waals surface area contributed by atoms with Crippen LogP contribution in [0.4, 0.5) is 0 Å². The van der Waals surface area contributed by atoms with E-state index in [1.54, 1.807) is 0 Å². The van der Waals surface area contributed by atoms with Crippen molar-refractivity contribution in [3.63, 3.8) is 0 Å². The first-order valence-corrected chi connectivity index (χ1v) is 18.1. The van der Waals surface area contributed by atoms with E-state index in [4.69, 9.17) is 0 Å². The van der Waals surface area contributed by atoms with E-state index >= 15 is 0 Å². The second-order valence-corrected chi connectivity index (χ2v) is 14.9. The number of hydrogen-bond acceptors (Lipinski definition) is 2. The van der Waals surface area contributed by atoms with Gasteiger partial charge in [-0.15, -0.1) is 22.7 Å². The van der Waals surface area contributed by atoms with Crippen molar-refractivity contribution in [2.75, 3.05) is 0 Å². The van der Waals surface area contributed by atoms with Crippen LogP contribution in [0.3, 0.4) is 0 Å². The number of benzene rings is 9. The predicted molar refractivity (Wildman–Crippen MR) is 213 cm³/mol. The van der Waals surface area contributed by atoms with Gasteiger partial charge in [-0.25, -0.2) is 0 Å². The van der Waals surface area contributed by atoms with Gasteiger partial charge >= 0.3 is 0 Å². The molecule has 0 bridgehead atoms. The highest BCUT2D eigenvalue weighted by Gasteiger charge is 2.20. The third-order valence-corrected chi connectivity index (χ3v) is 12.5. The van der Waals surface area contributed by atoms with Crippen LogP contribution in [0.25, 0.3) is 106 Å². The minimum Gasteiger partial charge on any atom is -0.135 e. The maximum absolute atomic E-state index is 2.45. The van der Waals surface area contributed by atoms with Gasteiger partial charge in [-0.05, 0) is 84.2 Å². The van der Waals surface area contributed by atoms with E-state index in [2.05, 4.69) is 158 Å². The Hall–Kier alpha value is -5.54. The summed E-state index contributed by atoms with van der Waals surface area (Å²) >= 11 is 3.82. The van der Waals surface area contributed by atoms with E-state index in [1.165, 1.54) is 106 Å². The normalized spacial score (nSPS) is 12.2. The quantitative estimate of drug-likeness (QED) is 0.165. The molecule has 222 valence electrons. The number of rotatable bonds is 2. The lowest BCUT2D eigenvalue weighted by molar-refractivity contribution is 1.69. The van der Waals surface area contributed by atoms with Gasteiger partial charge in [0.05, 0.1) is 0 Å². The zero-order chi connectivity index (χ0) is 31.3. The highest BCUT2D eigenvalue weighted by Crippen LogP contribution is 2.48. The van der Waals surface area contributed by atoms with Gasteiger partial charge in [-0.3, -0.25) is 0 Å². The summed E-state index contributed by atoms with van der Waals surface area (Å²) < 4.78 is 5.39. The van der Waals surface area contributed by atoms with Crippen molar-refractivity contribution < 1.29 is 0 Å². The third-order valence-electron chi connectivity index (χ3n) is 10.2. The van der Waals surface area contributed by atoms with Crippen molar-refractivity contribution in [2.45, 2.75) is 0 Å². The van der Waals surface area contributed by atoms with Crippen LogP contribution in [0.5, 0.6) is 0 Å². The zero-order valence-electron chi connectivity index (χ0n) is 25.8. The molecule has 0 unspecified atom stereocenters. The van der Waals surface area contributed by atoms with Gasteiger partial charge in [0.2, 0.25) is 0 Å². The van der Waals surface area contributed by atoms with Crippen LogP contribution in [-0.4, -0.2) is 0 Å². The van der Waals surface area contributed by atoms with Crippen LogP contribution >= 0.6 is 22.7 Å². The highest BCUT2D eigenvalue weighted by atomic mass is 32.1. The van der Waals surface area contributed by atoms with Gasteiger partial charge in [0.25, 0.3) is 0 Å². The van der Waals surface area contributed by atoms with Crippen LogP contribution < -0.4 is 0 Å². The molecular formula is C46H26S2. The first kappa shape index (κ1) is 26.5. The minimum atomic E-state index is 1.27. The molecule has 2 heterocycles. The Morgan fingerprint density at radius 3 is 1.54 bits per heavy atom. The second-order valence-electron chi connectivity index (χ2n) is 12.8. The lowest BCUT2D eigenvalue weighted by Crippen LogP contribution is -1.91. The molecule has 0 nitrogen and oxygen atoms in total. The van der Waals surface area contributed by atoms with Gasteiger partial charge in [0, 0.05) is 45.7 Å². The van der Waals surface area contributed by atoms with E-state index < -0.39 is 0 Å². The molecule has 0 aliphatic carbocycles. The fourth-order valence-electron chi connectivity index (χ4n) is 8.23. The summed E-state index contributed by atoms with van der Waals surface area (Å²) in [4.78, 5) is 0. The smallest absolute Gasteiger partial charge is 0.0362 e. The minimum absolute atomic E-state index is 1.27. The molecule has 0 aliphatic rings. The monoisotopic (exact) mass is 642 g/mol. The molecule has 0 atom stereocenters. The van der Waals surface area contributed by atoms with Crippen LogP contribution in [-0.2, 0) is 0 Å². The van der Waals surface area contributed by atoms with Crippen molar-refractivity contribution in [1.82, 2.24) is 0 Å². The molecule has 0 amide bonds. The van der Waals surface area contributed by atoms with E-state index in [-0.39, 0.29) is 0 Å². The summed E-state index contributed by atoms with van der Waals surface area (Å²) in [7, 11) is 0. The Kier molecular flexibility index (Phi) is 5.51. The summed E-state index contributed by atoms with van der Waals surface area (Å²) in [5, 5.41) is 15.9. The van der Waals surface area contributed by atoms with E-state index in [0.29, 0.717) is 0 Å². The maximum atomic E-state index is 2.45. The average molecular weight is 643 g/mol. The predicted octanol–water partition coefficient (Wildman–Crippen LogP) is 14.4. The van der Waals surface area contributed by atoms with Crippen molar-refractivity contribution in [3.8, 4) is 22.3 Å². The molecule has 0 radical (unpaired) electrons. The Balaban J connectivity index is 1.22. The van der Waals surface area contributed by atoms with E-state index in [9.17, 15) is 0 Å². The van der Waals surface area contributed by atoms with Crippen LogP contribution in [0.2, 0.25) is 0 Å². The van der Waals surface area contributed by atoms with Crippen LogP contribution in [0, 0.1) is 0 Å². The molecule has 2 aromatic heterocycles. The topological polar surface area (TPSA) is 0 Å². The number of thiophene rings is 2. The third kappa shape index (κ3) is 3.65. The largest absolute Gasteiger partial charge is 0.135 e. The first-order valence-electron chi connectivity index (χ1n) is 16.4. The van der Waals surface area contributed by atoms with Crippen molar-refractivity contribution in [3.05, 3.63) is 158 Å². The van der Waals surface area contributed by atoms with Gasteiger partial charge in [-0.1, -0.05) is 133 Å². The van der Waals surface area contributed by atoms with Crippen LogP contribution in [0.1, 0.15) is 0 Å². The summed E-state index contributed by atoms with van der Waals surface area (Å²) in [5.74, 6) is 0. The molecule has 9 aromatic carbocycles. The van der Waals surface area contributed by atoms with Crippen molar-refractivity contribution in [2.24, 2.45) is 0 Å². The molecule has 0 N–H and O–H groups in total. The van der Waals surface area contributed by atoms with E-state index in [0.717, 1.165) is 0 Å². The Bertz CT molecular complexity index is 3060. The number of hydrogen-bond donors (Lipinski definition) is 0. The molecule has 0 saturated heterocycles. The van der Waals surface area contributed by atoms with Gasteiger partial charge in [0.1, 0.15) is 0 Å². The molecule has 0 saturated carbocycles. The molecule has 2 heteroatoms. The Morgan fingerprint density at radius 2 is 0.833 bits per heavy atom. The SMILES string of the molecule is c1ccc2c(-c3c4ccccc4c(-c4ccc5c(c4)sc4ccc6ccc7sc8ccccc8c7c6c45)c4ccccc34)cccc2c1. The summed E-state index contributed by atoms with van der Waals surface area (Å²) in [5.41, 5.74) is 5.16. The Labute approximate surface area is 284 Å². The standard InChI is InChI=1S/C46H26S2/c1-2-12-30-27(10-1)11-9-18-31(30)44-34-15-5-3-13-32(34)42(33-14-4-6-16-35(33)44)29-20-23-37-41(26-29)48-40-25-22-28-21-24-39-45(43(28)46(37)40)36-17-7-8-19-38(36)47-39/h1-26H. The number of fused-ring (bicyclic) bond motifs is 12. The summed E-state index contributed by atoms with van der Waals surface area (Å²) in [6.07, 6.45) is 0. The molecular weight excluding hydrogens is 617 g/mol. The summed E-state index contributed by atoms with van der Waals surface area (Å²) in [6.45, 7) is 0. The first-order chi connectivity index (χ1) is 23.8. The van der Waals surface area contributed by atoms with Crippen LogP contribution in [0.15, 0.2) is 158 Å². The average Bonchev–Trinajstić information content (AvgIpc) is 3.72. The lowest BCUT2D eigenvalue weighted by Gasteiger charge is -2.18. The lowest BCUT2D eigenvalue weighted by atomic mass is 9.84. The molecule has 48 heavy (non-hydrogen) atoms. The molecule has 0 aliphatic heterocycles. The molecule has 0 fully saturated rings. The maximum Gasteiger partial charge on any atom is 0.0362 e. The molecule has 11 aromatic rings. The fraction of sp³-hybridized carbons (Fsp3) is 0. The highest BCUT2D eigenvalue weighted by molar-refractivity contribution is 7.27. The van der Waals surface area contributed by atoms with Gasteiger partial charge in [0.15, 0.2) is 0 Å². The zero-order valence-corrected chi connectivity index (χ0v) is 27.5. The van der Waals surface area contributed by atoms with E-state index in [1.807, 2.05) is 22.7 Å². The Morgan fingerprint density at radius 1 is 0.292 bits per heavy atom. The fourth-order valence-corrected chi connectivity index (χ4v) is 10.5. The molecule has 11 rings (SSSR count). The molecule has 0 spiro atoms. The van der Waals surface area contributed by atoms with Gasteiger partial charge < -0.3 is 0 Å². The van der Waals surface area contributed by atoms with Gasteiger partial charge in [-0.2, -0.15) is 0 Å².